The first kappa shape index (κ1) is 24.1. The van der Waals surface area contributed by atoms with Crippen molar-refractivity contribution in [1.82, 2.24) is 9.97 Å². The Balaban J connectivity index is 1.39. The van der Waals surface area contributed by atoms with Gasteiger partial charge in [0.2, 0.25) is 5.91 Å². The Morgan fingerprint density at radius 1 is 0.886 bits per heavy atom. The molecule has 0 aliphatic carbocycles. The van der Waals surface area contributed by atoms with E-state index in [-0.39, 0.29) is 22.0 Å². The number of hydrogen-bond donors (Lipinski definition) is 2. The molecule has 1 heterocycles. The second kappa shape index (κ2) is 9.68. The van der Waals surface area contributed by atoms with Crippen molar-refractivity contribution in [2.24, 2.45) is 0 Å². The van der Waals surface area contributed by atoms with Crippen LogP contribution in [0.1, 0.15) is 31.9 Å². The summed E-state index contributed by atoms with van der Waals surface area (Å²) in [6.45, 7) is 6.44. The van der Waals surface area contributed by atoms with Crippen LogP contribution in [0.15, 0.2) is 90.0 Å². The summed E-state index contributed by atoms with van der Waals surface area (Å²) in [7, 11) is -3.87. The lowest BCUT2D eigenvalue weighted by atomic mass is 9.87. The van der Waals surface area contributed by atoms with Crippen molar-refractivity contribution in [2.45, 2.75) is 31.1 Å². The SMILES string of the molecule is CC(C)(C)c1ccc(/C=C/C(=O)Nc2ccc(S(=O)(=O)Nc3cnc4ccccc4n3)cc2)cc1. The molecule has 0 aliphatic heterocycles. The number of nitrogens with zero attached hydrogens (tertiary/aromatic N) is 2. The fraction of sp³-hybridized carbons (Fsp3) is 0.148. The maximum Gasteiger partial charge on any atom is 0.263 e. The molecule has 7 nitrogen and oxygen atoms in total. The predicted molar refractivity (Wildman–Crippen MR) is 140 cm³/mol. The Kier molecular flexibility index (Phi) is 6.66. The van der Waals surface area contributed by atoms with E-state index in [2.05, 4.69) is 40.8 Å². The topological polar surface area (TPSA) is 101 Å². The lowest BCUT2D eigenvalue weighted by Crippen LogP contribution is -2.14. The summed E-state index contributed by atoms with van der Waals surface area (Å²) < 4.78 is 27.9. The van der Waals surface area contributed by atoms with Gasteiger partial charge in [0.25, 0.3) is 10.0 Å². The van der Waals surface area contributed by atoms with Crippen molar-refractivity contribution in [2.75, 3.05) is 10.0 Å². The van der Waals surface area contributed by atoms with Gasteiger partial charge in [0, 0.05) is 11.8 Å². The van der Waals surface area contributed by atoms with Gasteiger partial charge in [-0.05, 0) is 59.0 Å². The summed E-state index contributed by atoms with van der Waals surface area (Å²) in [6.07, 6.45) is 4.54. The van der Waals surface area contributed by atoms with Crippen molar-refractivity contribution >= 4 is 44.5 Å². The lowest BCUT2D eigenvalue weighted by Gasteiger charge is -2.18. The zero-order valence-electron chi connectivity index (χ0n) is 19.7. The minimum absolute atomic E-state index is 0.0416. The smallest absolute Gasteiger partial charge is 0.263 e. The van der Waals surface area contributed by atoms with E-state index in [1.54, 1.807) is 24.3 Å². The number of aromatic nitrogens is 2. The second-order valence-corrected chi connectivity index (χ2v) is 10.8. The van der Waals surface area contributed by atoms with Gasteiger partial charge in [-0.25, -0.2) is 13.4 Å². The fourth-order valence-corrected chi connectivity index (χ4v) is 4.36. The van der Waals surface area contributed by atoms with E-state index in [1.165, 1.54) is 42.1 Å². The molecule has 1 aromatic heterocycles. The van der Waals surface area contributed by atoms with Crippen molar-refractivity contribution in [1.29, 1.82) is 0 Å². The van der Waals surface area contributed by atoms with Crippen LogP contribution in [0, 0.1) is 0 Å². The Bertz CT molecular complexity index is 1490. The van der Waals surface area contributed by atoms with E-state index in [0.717, 1.165) is 5.56 Å². The first-order valence-corrected chi connectivity index (χ1v) is 12.5. The zero-order valence-corrected chi connectivity index (χ0v) is 20.5. The number of hydrogen-bond acceptors (Lipinski definition) is 5. The number of sulfonamides is 1. The monoisotopic (exact) mass is 486 g/mol. The fourth-order valence-electron chi connectivity index (χ4n) is 3.37. The van der Waals surface area contributed by atoms with Crippen LogP contribution in [0.2, 0.25) is 0 Å². The van der Waals surface area contributed by atoms with E-state index in [9.17, 15) is 13.2 Å². The minimum atomic E-state index is -3.87. The first-order chi connectivity index (χ1) is 16.6. The number of carbonyl (C=O) groups is 1. The molecule has 2 N–H and O–H groups in total. The molecule has 0 radical (unpaired) electrons. The molecule has 3 aromatic carbocycles. The minimum Gasteiger partial charge on any atom is -0.323 e. The van der Waals surface area contributed by atoms with E-state index in [4.69, 9.17) is 0 Å². The molecule has 1 amide bonds. The lowest BCUT2D eigenvalue weighted by molar-refractivity contribution is -0.111. The Morgan fingerprint density at radius 3 is 2.20 bits per heavy atom. The van der Waals surface area contributed by atoms with Crippen LogP contribution < -0.4 is 10.0 Å². The third-order valence-electron chi connectivity index (χ3n) is 5.32. The first-order valence-electron chi connectivity index (χ1n) is 11.0. The van der Waals surface area contributed by atoms with Gasteiger partial charge in [-0.2, -0.15) is 0 Å². The van der Waals surface area contributed by atoms with E-state index >= 15 is 0 Å². The molecule has 0 bridgehead atoms. The average Bonchev–Trinajstić information content (AvgIpc) is 2.82. The number of para-hydroxylation sites is 2. The quantitative estimate of drug-likeness (QED) is 0.356. The Morgan fingerprint density at radius 2 is 1.54 bits per heavy atom. The standard InChI is InChI=1S/C27H26N4O3S/c1-27(2,3)20-11-8-19(9-12-20)10-17-26(32)29-21-13-15-22(16-14-21)35(33,34)31-25-18-28-23-6-4-5-7-24(23)30-25/h4-18H,1-3H3,(H,29,32)(H,30,31)/b17-10+. The van der Waals surface area contributed by atoms with Crippen LogP contribution in [-0.4, -0.2) is 24.3 Å². The van der Waals surface area contributed by atoms with Gasteiger partial charge >= 0.3 is 0 Å². The number of fused-ring (bicyclic) bond motifs is 1. The highest BCUT2D eigenvalue weighted by molar-refractivity contribution is 7.92. The third-order valence-corrected chi connectivity index (χ3v) is 6.69. The van der Waals surface area contributed by atoms with Gasteiger partial charge in [-0.1, -0.05) is 57.2 Å². The number of rotatable bonds is 6. The summed E-state index contributed by atoms with van der Waals surface area (Å²) in [4.78, 5) is 20.8. The molecule has 35 heavy (non-hydrogen) atoms. The number of carbonyl (C=O) groups excluding carboxylic acids is 1. The molecule has 0 atom stereocenters. The van der Waals surface area contributed by atoms with Crippen LogP contribution in [0.4, 0.5) is 11.5 Å². The summed E-state index contributed by atoms with van der Waals surface area (Å²) in [5.41, 5.74) is 3.94. The number of benzene rings is 3. The maximum absolute atomic E-state index is 12.7. The Hall–Kier alpha value is -4.04. The Labute approximate surface area is 205 Å². The molecule has 0 fully saturated rings. The highest BCUT2D eigenvalue weighted by Gasteiger charge is 2.16. The van der Waals surface area contributed by atoms with Gasteiger partial charge in [-0.15, -0.1) is 0 Å². The maximum atomic E-state index is 12.7. The second-order valence-electron chi connectivity index (χ2n) is 9.07. The van der Waals surface area contributed by atoms with Crippen LogP contribution in [-0.2, 0) is 20.2 Å². The molecule has 4 rings (SSSR count). The van der Waals surface area contributed by atoms with E-state index in [0.29, 0.717) is 16.7 Å². The van der Waals surface area contributed by atoms with Crippen molar-refractivity contribution in [3.8, 4) is 0 Å². The number of anilines is 2. The normalized spacial score (nSPS) is 12.1. The van der Waals surface area contributed by atoms with Gasteiger partial charge in [0.1, 0.15) is 0 Å². The van der Waals surface area contributed by atoms with Gasteiger partial charge in [-0.3, -0.25) is 14.5 Å². The highest BCUT2D eigenvalue weighted by Crippen LogP contribution is 2.23. The summed E-state index contributed by atoms with van der Waals surface area (Å²) in [5.74, 6) is -0.188. The summed E-state index contributed by atoms with van der Waals surface area (Å²) in [6, 6.07) is 21.1. The van der Waals surface area contributed by atoms with Gasteiger partial charge in [0.15, 0.2) is 5.82 Å². The number of amides is 1. The molecule has 0 aliphatic rings. The van der Waals surface area contributed by atoms with Crippen LogP contribution in [0.5, 0.6) is 0 Å². The summed E-state index contributed by atoms with van der Waals surface area (Å²) in [5, 5.41) is 2.73. The number of nitrogens with one attached hydrogen (secondary N) is 2. The molecular weight excluding hydrogens is 460 g/mol. The van der Waals surface area contributed by atoms with Crippen molar-refractivity contribution < 1.29 is 13.2 Å². The summed E-state index contributed by atoms with van der Waals surface area (Å²) >= 11 is 0. The van der Waals surface area contributed by atoms with Gasteiger partial charge in [0.05, 0.1) is 22.1 Å². The van der Waals surface area contributed by atoms with Crippen LogP contribution in [0.3, 0.4) is 0 Å². The van der Waals surface area contributed by atoms with E-state index in [1.807, 2.05) is 30.3 Å². The van der Waals surface area contributed by atoms with Crippen LogP contribution in [0.25, 0.3) is 17.1 Å². The molecule has 4 aromatic rings. The van der Waals surface area contributed by atoms with E-state index < -0.39 is 10.0 Å². The zero-order chi connectivity index (χ0) is 25.1. The molecular formula is C27H26N4O3S. The van der Waals surface area contributed by atoms with Crippen molar-refractivity contribution in [3.05, 3.63) is 96.2 Å². The largest absolute Gasteiger partial charge is 0.323 e. The van der Waals surface area contributed by atoms with Gasteiger partial charge < -0.3 is 5.32 Å². The van der Waals surface area contributed by atoms with Crippen LogP contribution >= 0.6 is 0 Å². The molecule has 0 unspecified atom stereocenters. The molecule has 8 heteroatoms. The highest BCUT2D eigenvalue weighted by atomic mass is 32.2. The predicted octanol–water partition coefficient (Wildman–Crippen LogP) is 5.38. The molecule has 178 valence electrons. The average molecular weight is 487 g/mol. The third kappa shape index (κ3) is 6.10. The molecule has 0 saturated carbocycles. The molecule has 0 saturated heterocycles. The van der Waals surface area contributed by atoms with Crippen molar-refractivity contribution in [3.63, 3.8) is 0 Å². The molecule has 0 spiro atoms.